The number of nitrogens with zero attached hydrogens (tertiary/aromatic N) is 2. The molecule has 6 heteroatoms. The predicted octanol–water partition coefficient (Wildman–Crippen LogP) is 5.01. The molecule has 2 fully saturated rings. The summed E-state index contributed by atoms with van der Waals surface area (Å²) in [5, 5.41) is 3.37. The van der Waals surface area contributed by atoms with Gasteiger partial charge in [0.2, 0.25) is 5.91 Å². The number of hydrogen-bond donors (Lipinski definition) is 1. The summed E-state index contributed by atoms with van der Waals surface area (Å²) in [5.74, 6) is -0.0175. The molecule has 3 heterocycles. The molecule has 1 atom stereocenters. The van der Waals surface area contributed by atoms with Crippen molar-refractivity contribution in [3.63, 3.8) is 0 Å². The minimum Gasteiger partial charge on any atom is -0.463 e. The summed E-state index contributed by atoms with van der Waals surface area (Å²) >= 11 is 0. The number of fused-ring (bicyclic) bond motifs is 3. The maximum atomic E-state index is 13.8. The van der Waals surface area contributed by atoms with Crippen molar-refractivity contribution in [2.75, 3.05) is 0 Å². The molecule has 0 bridgehead atoms. The van der Waals surface area contributed by atoms with Crippen LogP contribution in [0.1, 0.15) is 94.5 Å². The van der Waals surface area contributed by atoms with Gasteiger partial charge in [0.15, 0.2) is 5.58 Å². The predicted molar refractivity (Wildman–Crippen MR) is 120 cm³/mol. The van der Waals surface area contributed by atoms with Gasteiger partial charge in [-0.3, -0.25) is 9.59 Å². The molecule has 5 rings (SSSR count). The van der Waals surface area contributed by atoms with Crippen molar-refractivity contribution in [2.45, 2.75) is 108 Å². The second-order valence-electron chi connectivity index (χ2n) is 10.0. The Morgan fingerprint density at radius 3 is 2.35 bits per heavy atom. The van der Waals surface area contributed by atoms with Gasteiger partial charge in [-0.1, -0.05) is 51.4 Å². The Kier molecular flexibility index (Phi) is 5.57. The molecule has 31 heavy (non-hydrogen) atoms. The number of nitrogens with one attached hydrogen (secondary N) is 1. The topological polar surface area (TPSA) is 67.5 Å². The van der Waals surface area contributed by atoms with Crippen molar-refractivity contribution in [3.8, 4) is 0 Å². The largest absolute Gasteiger partial charge is 0.463 e. The van der Waals surface area contributed by atoms with Gasteiger partial charge < -0.3 is 19.2 Å². The second-order valence-corrected chi connectivity index (χ2v) is 10.0. The fraction of sp³-hybridized carbons (Fsp3) is 0.680. The maximum Gasteiger partial charge on any atom is 0.271 e. The molecule has 2 amide bonds. The number of hydrogen-bond acceptors (Lipinski definition) is 3. The van der Waals surface area contributed by atoms with Crippen LogP contribution in [0, 0.1) is 0 Å². The second kappa shape index (κ2) is 8.36. The van der Waals surface area contributed by atoms with Crippen LogP contribution >= 0.6 is 0 Å². The van der Waals surface area contributed by atoms with Crippen molar-refractivity contribution < 1.29 is 14.0 Å². The molecule has 6 nitrogen and oxygen atoms in total. The molecule has 2 aliphatic carbocycles. The van der Waals surface area contributed by atoms with E-state index in [4.69, 9.17) is 4.42 Å². The van der Waals surface area contributed by atoms with E-state index >= 15 is 0 Å². The Bertz CT molecular complexity index is 945. The van der Waals surface area contributed by atoms with E-state index in [9.17, 15) is 9.59 Å². The number of aromatic nitrogens is 1. The molecular weight excluding hydrogens is 390 g/mol. The first-order valence-corrected chi connectivity index (χ1v) is 12.3. The van der Waals surface area contributed by atoms with Gasteiger partial charge in [0.25, 0.3) is 5.91 Å². The Balaban J connectivity index is 1.51. The Morgan fingerprint density at radius 1 is 1.03 bits per heavy atom. The molecule has 0 radical (unpaired) electrons. The van der Waals surface area contributed by atoms with E-state index in [2.05, 4.69) is 5.32 Å². The van der Waals surface area contributed by atoms with Crippen molar-refractivity contribution >= 4 is 22.9 Å². The highest BCUT2D eigenvalue weighted by Crippen LogP contribution is 2.37. The van der Waals surface area contributed by atoms with E-state index in [1.165, 1.54) is 38.5 Å². The highest BCUT2D eigenvalue weighted by atomic mass is 16.3. The van der Waals surface area contributed by atoms with Gasteiger partial charge in [-0.2, -0.15) is 0 Å². The molecule has 168 valence electrons. The van der Waals surface area contributed by atoms with Crippen molar-refractivity contribution in [1.29, 1.82) is 0 Å². The van der Waals surface area contributed by atoms with Crippen LogP contribution in [0.2, 0.25) is 0 Å². The maximum absolute atomic E-state index is 13.8. The van der Waals surface area contributed by atoms with E-state index in [0.29, 0.717) is 12.2 Å². The minimum atomic E-state index is -0.894. The summed E-state index contributed by atoms with van der Waals surface area (Å²) in [6.07, 6.45) is 15.2. The van der Waals surface area contributed by atoms with Gasteiger partial charge in [-0.25, -0.2) is 0 Å². The van der Waals surface area contributed by atoms with Gasteiger partial charge in [0.1, 0.15) is 11.2 Å². The van der Waals surface area contributed by atoms with E-state index in [0.717, 1.165) is 49.6 Å². The van der Waals surface area contributed by atoms with Crippen LogP contribution in [0.25, 0.3) is 11.1 Å². The lowest BCUT2D eigenvalue weighted by atomic mass is 9.89. The summed E-state index contributed by atoms with van der Waals surface area (Å²) in [7, 11) is 0. The molecule has 0 aromatic carbocycles. The lowest BCUT2D eigenvalue weighted by Crippen LogP contribution is -2.67. The molecule has 0 saturated heterocycles. The average molecular weight is 426 g/mol. The molecule has 2 aromatic heterocycles. The smallest absolute Gasteiger partial charge is 0.271 e. The van der Waals surface area contributed by atoms with E-state index in [1.807, 2.05) is 28.5 Å². The van der Waals surface area contributed by atoms with Crippen LogP contribution in [-0.2, 0) is 11.3 Å². The standard InChI is InChI=1S/C25H35N3O3/c1-25(24(30)26-18-10-6-2-3-7-11-18)17-27-20-14-15-31-22(20)16-21(27)23(29)28(25)19-12-8-4-5-9-13-19/h14-16,18-19H,2-13,17H2,1H3,(H,26,30)/t25-/m1/s1. The fourth-order valence-electron chi connectivity index (χ4n) is 6.09. The first-order chi connectivity index (χ1) is 15.1. The van der Waals surface area contributed by atoms with Gasteiger partial charge in [0, 0.05) is 24.2 Å². The fourth-order valence-corrected chi connectivity index (χ4v) is 6.09. The molecule has 0 spiro atoms. The van der Waals surface area contributed by atoms with Gasteiger partial charge in [0.05, 0.1) is 18.3 Å². The summed E-state index contributed by atoms with van der Waals surface area (Å²) in [6.45, 7) is 2.46. The van der Waals surface area contributed by atoms with Crippen LogP contribution in [0.5, 0.6) is 0 Å². The quantitative estimate of drug-likeness (QED) is 0.703. The summed E-state index contributed by atoms with van der Waals surface area (Å²) in [6, 6.07) is 4.09. The Morgan fingerprint density at radius 2 is 1.68 bits per heavy atom. The number of carbonyl (C=O) groups is 2. The van der Waals surface area contributed by atoms with E-state index in [-0.39, 0.29) is 23.9 Å². The molecule has 1 aliphatic heterocycles. The van der Waals surface area contributed by atoms with Crippen LogP contribution in [0.3, 0.4) is 0 Å². The van der Waals surface area contributed by atoms with Crippen LogP contribution in [-0.4, -0.2) is 38.9 Å². The first kappa shape index (κ1) is 20.7. The minimum absolute atomic E-state index is 0.00740. The average Bonchev–Trinajstić information content (AvgIpc) is 3.09. The highest BCUT2D eigenvalue weighted by molar-refractivity contribution is 6.03. The van der Waals surface area contributed by atoms with Crippen molar-refractivity contribution in [2.24, 2.45) is 0 Å². The summed E-state index contributed by atoms with van der Waals surface area (Å²) in [4.78, 5) is 29.7. The van der Waals surface area contributed by atoms with Gasteiger partial charge in [-0.15, -0.1) is 0 Å². The SMILES string of the molecule is C[C@]1(C(=O)NC2CCCCCC2)Cn2c(cc3occc32)C(=O)N1C1CCCCCC1. The van der Waals surface area contributed by atoms with Crippen molar-refractivity contribution in [3.05, 3.63) is 24.1 Å². The Labute approximate surface area is 184 Å². The normalized spacial score (nSPS) is 26.5. The van der Waals surface area contributed by atoms with Gasteiger partial charge in [-0.05, 0) is 32.6 Å². The number of rotatable bonds is 3. The van der Waals surface area contributed by atoms with E-state index < -0.39 is 5.54 Å². The third kappa shape index (κ3) is 3.68. The number of furan rings is 1. The van der Waals surface area contributed by atoms with Crippen LogP contribution in [0.15, 0.2) is 22.8 Å². The first-order valence-electron chi connectivity index (χ1n) is 12.3. The molecular formula is C25H35N3O3. The zero-order chi connectivity index (χ0) is 21.4. The molecule has 0 unspecified atom stereocenters. The lowest BCUT2D eigenvalue weighted by Gasteiger charge is -2.48. The van der Waals surface area contributed by atoms with Gasteiger partial charge >= 0.3 is 0 Å². The summed E-state index contributed by atoms with van der Waals surface area (Å²) < 4.78 is 7.59. The molecule has 1 N–H and O–H groups in total. The van der Waals surface area contributed by atoms with Crippen molar-refractivity contribution in [1.82, 2.24) is 14.8 Å². The van der Waals surface area contributed by atoms with Crippen LogP contribution in [0.4, 0.5) is 0 Å². The zero-order valence-electron chi connectivity index (χ0n) is 18.7. The lowest BCUT2D eigenvalue weighted by molar-refractivity contribution is -0.135. The van der Waals surface area contributed by atoms with E-state index in [1.54, 1.807) is 6.26 Å². The Hall–Kier alpha value is -2.24. The zero-order valence-corrected chi connectivity index (χ0v) is 18.7. The molecule has 3 aliphatic rings. The van der Waals surface area contributed by atoms with Crippen LogP contribution < -0.4 is 5.32 Å². The summed E-state index contributed by atoms with van der Waals surface area (Å²) in [5.41, 5.74) is 1.38. The third-order valence-corrected chi connectivity index (χ3v) is 7.83. The molecule has 2 saturated carbocycles. The molecule has 2 aromatic rings. The number of amides is 2. The third-order valence-electron chi connectivity index (χ3n) is 7.83. The number of carbonyl (C=O) groups excluding carboxylic acids is 2. The highest BCUT2D eigenvalue weighted by Gasteiger charge is 2.50. The monoisotopic (exact) mass is 425 g/mol.